The zero-order valence-corrected chi connectivity index (χ0v) is 19.6. The van der Waals surface area contributed by atoms with Crippen LogP contribution in [0.4, 0.5) is 0 Å². The van der Waals surface area contributed by atoms with Crippen molar-refractivity contribution in [2.24, 2.45) is 5.73 Å². The molecule has 0 aliphatic carbocycles. The number of carbonyl (C=O) groups excluding carboxylic acids is 2. The number of benzene rings is 2. The van der Waals surface area contributed by atoms with Gasteiger partial charge in [-0.25, -0.2) is 0 Å². The number of nitrogens with zero attached hydrogens (tertiary/aromatic N) is 1. The van der Waals surface area contributed by atoms with Crippen LogP contribution in [-0.4, -0.2) is 25.9 Å². The summed E-state index contributed by atoms with van der Waals surface area (Å²) in [7, 11) is 3.10. The van der Waals surface area contributed by atoms with Crippen molar-refractivity contribution in [3.63, 3.8) is 0 Å². The molecule has 3 aromatic rings. The highest BCUT2D eigenvalue weighted by Gasteiger charge is 2.15. The van der Waals surface area contributed by atoms with Crippen LogP contribution < -0.4 is 19.8 Å². The highest BCUT2D eigenvalue weighted by atomic mass is 35.5. The minimum atomic E-state index is -0.466. The van der Waals surface area contributed by atoms with Crippen LogP contribution in [0, 0.1) is 0 Å². The first-order valence-corrected chi connectivity index (χ1v) is 11.1. The number of aryl methyl sites for hydroxylation is 1. The van der Waals surface area contributed by atoms with Crippen LogP contribution in [-0.2, 0) is 13.0 Å². The maximum Gasteiger partial charge on any atom is 0.255 e. The van der Waals surface area contributed by atoms with Crippen LogP contribution in [0.1, 0.15) is 51.1 Å². The normalized spacial score (nSPS) is 10.6. The monoisotopic (exact) mass is 467 g/mol. The number of carbonyl (C=O) groups is 2. The molecule has 3 rings (SSSR count). The molecule has 0 spiro atoms. The molecule has 0 saturated heterocycles. The van der Waals surface area contributed by atoms with Gasteiger partial charge in [-0.2, -0.15) is 4.57 Å². The third-order valence-corrected chi connectivity index (χ3v) is 5.67. The van der Waals surface area contributed by atoms with E-state index in [0.29, 0.717) is 53.5 Å². The predicted octanol–water partition coefficient (Wildman–Crippen LogP) is 4.39. The van der Waals surface area contributed by atoms with E-state index >= 15 is 0 Å². The third kappa shape index (κ3) is 6.56. The molecule has 0 radical (unpaired) electrons. The Bertz CT molecular complexity index is 1150. The highest BCUT2D eigenvalue weighted by Crippen LogP contribution is 2.28. The van der Waals surface area contributed by atoms with E-state index in [-0.39, 0.29) is 5.78 Å². The quantitative estimate of drug-likeness (QED) is 0.257. The molecular weight excluding hydrogens is 440 g/mol. The molecule has 172 valence electrons. The number of halogens is 1. The fourth-order valence-electron chi connectivity index (χ4n) is 3.71. The van der Waals surface area contributed by atoms with Crippen molar-refractivity contribution in [3.05, 3.63) is 88.2 Å². The van der Waals surface area contributed by atoms with Crippen LogP contribution in [0.3, 0.4) is 0 Å². The summed E-state index contributed by atoms with van der Waals surface area (Å²) in [4.78, 5) is 24.6. The van der Waals surface area contributed by atoms with E-state index in [4.69, 9.17) is 26.8 Å². The number of pyridine rings is 1. The first-order valence-electron chi connectivity index (χ1n) is 10.7. The van der Waals surface area contributed by atoms with E-state index in [0.717, 1.165) is 17.5 Å². The number of rotatable bonds is 11. The lowest BCUT2D eigenvalue weighted by Crippen LogP contribution is -2.35. The number of hydrogen-bond donors (Lipinski definition) is 1. The van der Waals surface area contributed by atoms with Gasteiger partial charge in [0.1, 0.15) is 5.56 Å². The van der Waals surface area contributed by atoms with Crippen molar-refractivity contribution in [2.45, 2.75) is 32.2 Å². The molecule has 0 atom stereocenters. The number of hydrogen-bond acceptors (Lipinski definition) is 4. The van der Waals surface area contributed by atoms with Gasteiger partial charge in [0.25, 0.3) is 5.91 Å². The third-order valence-electron chi connectivity index (χ3n) is 5.43. The Morgan fingerprint density at radius 1 is 1.00 bits per heavy atom. The minimum Gasteiger partial charge on any atom is -0.493 e. The summed E-state index contributed by atoms with van der Waals surface area (Å²) >= 11 is 6.06. The Morgan fingerprint density at radius 2 is 1.79 bits per heavy atom. The molecule has 0 unspecified atom stereocenters. The van der Waals surface area contributed by atoms with Gasteiger partial charge >= 0.3 is 0 Å². The highest BCUT2D eigenvalue weighted by molar-refractivity contribution is 6.30. The summed E-state index contributed by atoms with van der Waals surface area (Å²) in [5.74, 6) is 0.694. The number of aromatic nitrogens is 1. The summed E-state index contributed by atoms with van der Waals surface area (Å²) in [6.45, 7) is 0.584. The zero-order chi connectivity index (χ0) is 23.8. The fourth-order valence-corrected chi connectivity index (χ4v) is 3.92. The Labute approximate surface area is 198 Å². The van der Waals surface area contributed by atoms with Crippen LogP contribution in [0.25, 0.3) is 0 Å². The van der Waals surface area contributed by atoms with Crippen LogP contribution in [0.5, 0.6) is 11.5 Å². The van der Waals surface area contributed by atoms with E-state index in [9.17, 15) is 9.59 Å². The zero-order valence-electron chi connectivity index (χ0n) is 18.8. The number of methoxy groups -OCH3 is 2. The molecule has 2 aromatic carbocycles. The van der Waals surface area contributed by atoms with Crippen molar-refractivity contribution < 1.29 is 23.6 Å². The number of primary amides is 1. The summed E-state index contributed by atoms with van der Waals surface area (Å²) in [6, 6.07) is 14.7. The largest absolute Gasteiger partial charge is 0.493 e. The second-order valence-corrected chi connectivity index (χ2v) is 8.19. The molecule has 1 aromatic heterocycles. The average molecular weight is 468 g/mol. The number of amides is 1. The Balaban J connectivity index is 1.59. The molecular formula is C26H28ClN2O4+. The van der Waals surface area contributed by atoms with Crippen molar-refractivity contribution in [1.82, 2.24) is 0 Å². The number of ketones is 1. The Kier molecular flexibility index (Phi) is 8.44. The van der Waals surface area contributed by atoms with Crippen molar-refractivity contribution >= 4 is 23.3 Å². The molecule has 1 amide bonds. The number of nitrogens with two attached hydrogens (primary N) is 1. The lowest BCUT2D eigenvalue weighted by atomic mass is 10.00. The first-order chi connectivity index (χ1) is 15.9. The number of unbranched alkanes of at least 4 members (excludes halogenated alkanes) is 1. The number of ether oxygens (including phenoxy) is 2. The van der Waals surface area contributed by atoms with Gasteiger partial charge < -0.3 is 15.2 Å². The molecule has 0 bridgehead atoms. The second kappa shape index (κ2) is 11.5. The van der Waals surface area contributed by atoms with Gasteiger partial charge in [0.05, 0.1) is 14.2 Å². The van der Waals surface area contributed by atoms with E-state index < -0.39 is 5.91 Å². The van der Waals surface area contributed by atoms with Crippen LogP contribution in [0.2, 0.25) is 5.02 Å². The molecule has 0 aliphatic heterocycles. The topological polar surface area (TPSA) is 82.5 Å². The van der Waals surface area contributed by atoms with Gasteiger partial charge in [0.2, 0.25) is 0 Å². The average Bonchev–Trinajstić information content (AvgIpc) is 2.81. The molecule has 33 heavy (non-hydrogen) atoms. The van der Waals surface area contributed by atoms with Gasteiger partial charge in [-0.05, 0) is 55.2 Å². The molecule has 7 heteroatoms. The van der Waals surface area contributed by atoms with Gasteiger partial charge in [-0.15, -0.1) is 0 Å². The summed E-state index contributed by atoms with van der Waals surface area (Å²) < 4.78 is 12.4. The summed E-state index contributed by atoms with van der Waals surface area (Å²) in [6.07, 6.45) is 6.23. The number of Topliss-reactive ketones (excluding diaryl/α,β-unsaturated/α-hetero) is 1. The van der Waals surface area contributed by atoms with Crippen LogP contribution in [0.15, 0.2) is 60.9 Å². The van der Waals surface area contributed by atoms with Gasteiger partial charge in [-0.3, -0.25) is 9.59 Å². The smallest absolute Gasteiger partial charge is 0.255 e. The summed E-state index contributed by atoms with van der Waals surface area (Å²) in [5.41, 5.74) is 8.62. The molecule has 0 fully saturated rings. The molecule has 1 heterocycles. The van der Waals surface area contributed by atoms with E-state index in [1.165, 1.54) is 0 Å². The van der Waals surface area contributed by atoms with E-state index in [2.05, 4.69) is 0 Å². The summed E-state index contributed by atoms with van der Waals surface area (Å²) in [5, 5.41) is 0.669. The standard InChI is InChI=1S/C26H27ClN2O4/c1-32-24-11-10-20(15-25(24)33-2)23(30)9-4-3-7-19-12-13-29(17-22(19)26(28)31)16-18-6-5-8-21(27)14-18/h5-6,8,10-15,17H,3-4,7,9,16H2,1-2H3,(H-,28,31)/p+1. The molecule has 0 saturated carbocycles. The Hall–Kier alpha value is -3.38. The fraction of sp³-hybridized carbons (Fsp3) is 0.269. The lowest BCUT2D eigenvalue weighted by molar-refractivity contribution is -0.688. The van der Waals surface area contributed by atoms with Crippen molar-refractivity contribution in [3.8, 4) is 11.5 Å². The molecule has 2 N–H and O–H groups in total. The first kappa shape index (κ1) is 24.3. The minimum absolute atomic E-state index is 0.0403. The maximum atomic E-state index is 12.6. The van der Waals surface area contributed by atoms with Gasteiger partial charge in [-0.1, -0.05) is 23.7 Å². The molecule has 6 nitrogen and oxygen atoms in total. The SMILES string of the molecule is COc1ccc(C(=O)CCCCc2cc[n+](Cc3cccc(Cl)c3)cc2C(N)=O)cc1OC. The van der Waals surface area contributed by atoms with Crippen LogP contribution >= 0.6 is 11.6 Å². The Morgan fingerprint density at radius 3 is 2.48 bits per heavy atom. The van der Waals surface area contributed by atoms with Gasteiger partial charge in [0.15, 0.2) is 36.2 Å². The van der Waals surface area contributed by atoms with E-state index in [1.807, 2.05) is 41.1 Å². The predicted molar refractivity (Wildman–Crippen MR) is 127 cm³/mol. The van der Waals surface area contributed by atoms with E-state index in [1.54, 1.807) is 38.6 Å². The van der Waals surface area contributed by atoms with Gasteiger partial charge in [0, 0.05) is 28.6 Å². The second-order valence-electron chi connectivity index (χ2n) is 7.75. The molecule has 0 aliphatic rings. The van der Waals surface area contributed by atoms with Crippen molar-refractivity contribution in [2.75, 3.05) is 14.2 Å². The maximum absolute atomic E-state index is 12.6. The van der Waals surface area contributed by atoms with Crippen molar-refractivity contribution in [1.29, 1.82) is 0 Å². The lowest BCUT2D eigenvalue weighted by Gasteiger charge is -2.09.